The second-order valence-corrected chi connectivity index (χ2v) is 10.2. The molecule has 0 saturated heterocycles. The highest BCUT2D eigenvalue weighted by molar-refractivity contribution is 5.66. The van der Waals surface area contributed by atoms with Crippen molar-refractivity contribution in [2.75, 3.05) is 0 Å². The Morgan fingerprint density at radius 3 is 2.15 bits per heavy atom. The van der Waals surface area contributed by atoms with E-state index in [1.165, 1.54) is 75.8 Å². The molecule has 2 aromatic carbocycles. The van der Waals surface area contributed by atoms with Crippen molar-refractivity contribution >= 4 is 0 Å². The van der Waals surface area contributed by atoms with Gasteiger partial charge < -0.3 is 4.74 Å². The Labute approximate surface area is 202 Å². The summed E-state index contributed by atoms with van der Waals surface area (Å²) in [6, 6.07) is 7.64. The molecule has 0 bridgehead atoms. The van der Waals surface area contributed by atoms with Crippen LogP contribution < -0.4 is 4.74 Å². The van der Waals surface area contributed by atoms with Gasteiger partial charge in [-0.3, -0.25) is 0 Å². The third-order valence-corrected chi connectivity index (χ3v) is 8.16. The fourth-order valence-electron chi connectivity index (χ4n) is 6.27. The molecule has 1 nitrogen and oxygen atoms in total. The summed E-state index contributed by atoms with van der Waals surface area (Å²) in [7, 11) is 0. The van der Waals surface area contributed by atoms with Crippen molar-refractivity contribution in [3.63, 3.8) is 0 Å². The van der Waals surface area contributed by atoms with E-state index in [0.717, 1.165) is 30.6 Å². The first-order chi connectivity index (χ1) is 16.5. The zero-order valence-corrected chi connectivity index (χ0v) is 20.5. The predicted molar refractivity (Wildman–Crippen MR) is 132 cm³/mol. The van der Waals surface area contributed by atoms with Gasteiger partial charge >= 0.3 is 0 Å². The lowest BCUT2D eigenvalue weighted by molar-refractivity contribution is 0.156. The zero-order chi connectivity index (χ0) is 24.1. The van der Waals surface area contributed by atoms with E-state index in [4.69, 9.17) is 4.74 Å². The molecule has 0 N–H and O–H groups in total. The molecule has 0 aliphatic heterocycles. The van der Waals surface area contributed by atoms with Gasteiger partial charge in [0.25, 0.3) is 0 Å². The van der Waals surface area contributed by atoms with Crippen molar-refractivity contribution in [3.05, 3.63) is 65.7 Å². The monoisotopic (exact) mass is 470 g/mol. The second kappa shape index (κ2) is 11.5. The number of hydrogen-bond acceptors (Lipinski definition) is 1. The largest absolute Gasteiger partial charge is 0.462 e. The number of allylic oxidation sites excluding steroid dienone is 1. The predicted octanol–water partition coefficient (Wildman–Crippen LogP) is 9.56. The maximum atomic E-state index is 15.1. The molecule has 2 saturated carbocycles. The van der Waals surface area contributed by atoms with E-state index < -0.39 is 11.6 Å². The highest BCUT2D eigenvalue weighted by atomic mass is 19.2. The van der Waals surface area contributed by atoms with E-state index in [1.54, 1.807) is 25.1 Å². The quantitative estimate of drug-likeness (QED) is 0.366. The average molecular weight is 471 g/mol. The van der Waals surface area contributed by atoms with Crippen molar-refractivity contribution in [3.8, 4) is 16.9 Å². The highest BCUT2D eigenvalue weighted by Gasteiger charge is 2.32. The van der Waals surface area contributed by atoms with Crippen LogP contribution in [-0.4, -0.2) is 0 Å². The minimum Gasteiger partial charge on any atom is -0.462 e. The lowest BCUT2D eigenvalue weighted by Gasteiger charge is -2.38. The molecule has 2 aromatic rings. The van der Waals surface area contributed by atoms with E-state index in [2.05, 4.69) is 6.92 Å². The third-order valence-electron chi connectivity index (χ3n) is 8.16. The molecule has 34 heavy (non-hydrogen) atoms. The van der Waals surface area contributed by atoms with Crippen LogP contribution in [0.1, 0.15) is 89.5 Å². The van der Waals surface area contributed by atoms with Gasteiger partial charge in [-0.25, -0.2) is 8.78 Å². The van der Waals surface area contributed by atoms with Gasteiger partial charge in [-0.05, 0) is 98.4 Å². The Balaban J connectivity index is 1.39. The van der Waals surface area contributed by atoms with E-state index in [9.17, 15) is 8.78 Å². The van der Waals surface area contributed by atoms with Crippen LogP contribution in [0.15, 0.2) is 42.7 Å². The molecule has 4 rings (SSSR count). The Hall–Kier alpha value is -2.23. The number of benzene rings is 2. The van der Waals surface area contributed by atoms with Crippen LogP contribution in [0.3, 0.4) is 0 Å². The first kappa shape index (κ1) is 24.9. The molecule has 0 heterocycles. The van der Waals surface area contributed by atoms with Crippen LogP contribution in [0.2, 0.25) is 0 Å². The molecule has 0 radical (unpaired) electrons. The maximum absolute atomic E-state index is 15.1. The van der Waals surface area contributed by atoms with E-state index in [0.29, 0.717) is 11.1 Å². The van der Waals surface area contributed by atoms with Gasteiger partial charge in [0.2, 0.25) is 5.82 Å². The molecule has 0 amide bonds. The summed E-state index contributed by atoms with van der Waals surface area (Å²) in [5.41, 5.74) is 1.09. The van der Waals surface area contributed by atoms with E-state index >= 15 is 4.39 Å². The molecule has 0 unspecified atom stereocenters. The topological polar surface area (TPSA) is 9.23 Å². The lowest BCUT2D eigenvalue weighted by atomic mass is 9.68. The highest BCUT2D eigenvalue weighted by Crippen LogP contribution is 2.45. The summed E-state index contributed by atoms with van der Waals surface area (Å²) in [5.74, 6) is 0.161. The molecule has 0 aromatic heterocycles. The van der Waals surface area contributed by atoms with Gasteiger partial charge in [-0.2, -0.15) is 4.39 Å². The number of halogens is 3. The van der Waals surface area contributed by atoms with Crippen LogP contribution >= 0.6 is 0 Å². The van der Waals surface area contributed by atoms with Crippen molar-refractivity contribution in [1.29, 1.82) is 0 Å². The Morgan fingerprint density at radius 1 is 0.853 bits per heavy atom. The van der Waals surface area contributed by atoms with Gasteiger partial charge in [0.05, 0.1) is 6.26 Å². The summed E-state index contributed by atoms with van der Waals surface area (Å²) in [5, 5.41) is 0. The average Bonchev–Trinajstić information content (AvgIpc) is 2.86. The first-order valence-electron chi connectivity index (χ1n) is 13.1. The lowest BCUT2D eigenvalue weighted by Crippen LogP contribution is -2.25. The molecule has 0 atom stereocenters. The van der Waals surface area contributed by atoms with E-state index in [-0.39, 0.29) is 23.0 Å². The molecule has 2 aliphatic rings. The standard InChI is InChI=1S/C30H37F3O/c1-3-5-20-6-8-21(9-7-20)22-10-12-23(13-11-22)25-15-14-24(19-27(25)31)26-16-17-28(34-18-4-2)30(33)29(26)32/h4,14-23H,3,5-13H2,1-2H3. The smallest absolute Gasteiger partial charge is 0.201 e. The molecule has 0 spiro atoms. The van der Waals surface area contributed by atoms with E-state index in [1.807, 2.05) is 0 Å². The molecular formula is C30H37F3O. The molecule has 2 aliphatic carbocycles. The SMILES string of the molecule is CC=COc1ccc(-c2ccc(C3CCC(C4CCC(CCC)CC4)CC3)c(F)c2)c(F)c1F. The van der Waals surface area contributed by atoms with Gasteiger partial charge in [0.15, 0.2) is 11.6 Å². The van der Waals surface area contributed by atoms with Crippen LogP contribution in [0.4, 0.5) is 13.2 Å². The third kappa shape index (κ3) is 5.53. The Bertz CT molecular complexity index is 983. The van der Waals surface area contributed by atoms with Gasteiger partial charge in [-0.1, -0.05) is 50.8 Å². The fourth-order valence-corrected chi connectivity index (χ4v) is 6.27. The Morgan fingerprint density at radius 2 is 1.53 bits per heavy atom. The summed E-state index contributed by atoms with van der Waals surface area (Å²) < 4.78 is 49.2. The number of rotatable bonds is 7. The zero-order valence-electron chi connectivity index (χ0n) is 20.5. The molecule has 184 valence electrons. The molecular weight excluding hydrogens is 433 g/mol. The number of hydrogen-bond donors (Lipinski definition) is 0. The first-order valence-corrected chi connectivity index (χ1v) is 13.1. The minimum absolute atomic E-state index is 0.0400. The molecule has 4 heteroatoms. The summed E-state index contributed by atoms with van der Waals surface area (Å²) in [4.78, 5) is 0. The van der Waals surface area contributed by atoms with Crippen LogP contribution in [-0.2, 0) is 0 Å². The summed E-state index contributed by atoms with van der Waals surface area (Å²) in [6.45, 7) is 4.00. The van der Waals surface area contributed by atoms with Gasteiger partial charge in [0, 0.05) is 5.56 Å². The van der Waals surface area contributed by atoms with Crippen molar-refractivity contribution < 1.29 is 17.9 Å². The Kier molecular flexibility index (Phi) is 8.39. The van der Waals surface area contributed by atoms with Crippen molar-refractivity contribution in [1.82, 2.24) is 0 Å². The van der Waals surface area contributed by atoms with Gasteiger partial charge in [0.1, 0.15) is 5.82 Å². The maximum Gasteiger partial charge on any atom is 0.201 e. The van der Waals surface area contributed by atoms with Crippen molar-refractivity contribution in [2.45, 2.75) is 84.0 Å². The normalized spacial score (nSPS) is 25.6. The van der Waals surface area contributed by atoms with Crippen LogP contribution in [0.25, 0.3) is 11.1 Å². The number of ether oxygens (including phenoxy) is 1. The van der Waals surface area contributed by atoms with Crippen molar-refractivity contribution in [2.24, 2.45) is 17.8 Å². The summed E-state index contributed by atoms with van der Waals surface area (Å²) >= 11 is 0. The molecule has 2 fully saturated rings. The fraction of sp³-hybridized carbons (Fsp3) is 0.533. The second-order valence-electron chi connectivity index (χ2n) is 10.2. The summed E-state index contributed by atoms with van der Waals surface area (Å²) in [6.07, 6.45) is 15.4. The van der Waals surface area contributed by atoms with Crippen LogP contribution in [0, 0.1) is 35.2 Å². The van der Waals surface area contributed by atoms with Crippen LogP contribution in [0.5, 0.6) is 5.75 Å². The van der Waals surface area contributed by atoms with Gasteiger partial charge in [-0.15, -0.1) is 0 Å². The minimum atomic E-state index is -1.07.